The number of nitrogens with zero attached hydrogens (tertiary/aromatic N) is 4. The molecule has 3 heterocycles. The summed E-state index contributed by atoms with van der Waals surface area (Å²) < 4.78 is 104. The fourth-order valence-corrected chi connectivity index (χ4v) is 3.86. The first kappa shape index (κ1) is 22.7. The second kappa shape index (κ2) is 7.62. The van der Waals surface area contributed by atoms with E-state index in [1.54, 1.807) is 0 Å². The van der Waals surface area contributed by atoms with E-state index in [1.165, 1.54) is 30.8 Å². The van der Waals surface area contributed by atoms with Gasteiger partial charge < -0.3 is 4.57 Å². The summed E-state index contributed by atoms with van der Waals surface area (Å²) in [6.45, 7) is 1.26. The number of aromatic nitrogens is 4. The Kier molecular flexibility index (Phi) is 5.59. The maximum atomic E-state index is 13.1. The van der Waals surface area contributed by atoms with Gasteiger partial charge in [-0.05, 0) is 18.2 Å². The maximum absolute atomic E-state index is 13.1. The Balaban J connectivity index is 2.19. The molecule has 31 heavy (non-hydrogen) atoms. The van der Waals surface area contributed by atoms with E-state index in [0.29, 0.717) is 12.3 Å². The van der Waals surface area contributed by atoms with Crippen LogP contribution in [0.25, 0.3) is 22.8 Å². The minimum absolute atomic E-state index is 0.0791. The van der Waals surface area contributed by atoms with E-state index in [0.717, 1.165) is 12.3 Å². The fraction of sp³-hybridized carbons (Fsp3) is 0.278. The summed E-state index contributed by atoms with van der Waals surface area (Å²) in [6.07, 6.45) is -6.90. The van der Waals surface area contributed by atoms with Crippen LogP contribution in [0, 0.1) is 0 Å². The average Bonchev–Trinajstić information content (AvgIpc) is 3.07. The third-order valence-electron chi connectivity index (χ3n) is 4.44. The summed E-state index contributed by atoms with van der Waals surface area (Å²) in [7, 11) is -2.75. The van der Waals surface area contributed by atoms with Crippen LogP contribution in [0.1, 0.15) is 18.2 Å². The predicted octanol–water partition coefficient (Wildman–Crippen LogP) is 4.38. The van der Waals surface area contributed by atoms with Gasteiger partial charge in [0.2, 0.25) is 0 Å². The summed E-state index contributed by atoms with van der Waals surface area (Å²) >= 11 is 0. The van der Waals surface area contributed by atoms with Crippen molar-refractivity contribution in [2.75, 3.05) is 5.75 Å². The molecular weight excluding hydrogens is 450 g/mol. The first-order chi connectivity index (χ1) is 14.3. The van der Waals surface area contributed by atoms with Crippen molar-refractivity contribution < 1.29 is 34.8 Å². The van der Waals surface area contributed by atoms with Gasteiger partial charge in [-0.2, -0.15) is 26.3 Å². The van der Waals surface area contributed by atoms with Crippen LogP contribution >= 0.6 is 0 Å². The molecule has 0 aliphatic carbocycles. The van der Waals surface area contributed by atoms with Crippen LogP contribution < -0.4 is 0 Å². The molecule has 0 fully saturated rings. The lowest BCUT2D eigenvalue weighted by Gasteiger charge is -2.13. The molecule has 0 aliphatic heterocycles. The molecule has 0 saturated carbocycles. The highest BCUT2D eigenvalue weighted by atomic mass is 32.2. The average molecular weight is 464 g/mol. The van der Waals surface area contributed by atoms with Gasteiger partial charge in [-0.1, -0.05) is 6.92 Å². The summed E-state index contributed by atoms with van der Waals surface area (Å²) in [6, 6.07) is 2.55. The van der Waals surface area contributed by atoms with Crippen molar-refractivity contribution in [3.63, 3.8) is 0 Å². The third kappa shape index (κ3) is 4.40. The molecule has 0 saturated heterocycles. The monoisotopic (exact) mass is 464 g/mol. The smallest absolute Gasteiger partial charge is 0.326 e. The number of hydrogen-bond donors (Lipinski definition) is 0. The first-order valence-corrected chi connectivity index (χ1v) is 10.3. The molecule has 0 spiro atoms. The van der Waals surface area contributed by atoms with E-state index in [-0.39, 0.29) is 22.8 Å². The molecule has 0 aromatic carbocycles. The minimum Gasteiger partial charge on any atom is -0.326 e. The number of halogens is 6. The molecule has 3 aromatic heterocycles. The summed E-state index contributed by atoms with van der Waals surface area (Å²) in [5.74, 6) is -0.611. The van der Waals surface area contributed by atoms with Crippen LogP contribution in [0.2, 0.25) is 0 Å². The molecular formula is C18H14F6N4O2S. The van der Waals surface area contributed by atoms with Crippen molar-refractivity contribution in [2.24, 2.45) is 7.05 Å². The van der Waals surface area contributed by atoms with Crippen molar-refractivity contribution in [3.8, 4) is 22.8 Å². The van der Waals surface area contributed by atoms with E-state index in [1.807, 2.05) is 0 Å². The summed E-state index contributed by atoms with van der Waals surface area (Å²) in [5, 5.41) is 0. The molecule has 0 N–H and O–H groups in total. The molecule has 0 radical (unpaired) electrons. The normalized spacial score (nSPS) is 12.9. The van der Waals surface area contributed by atoms with Crippen molar-refractivity contribution in [3.05, 3.63) is 48.0 Å². The van der Waals surface area contributed by atoms with E-state index in [9.17, 15) is 34.8 Å². The van der Waals surface area contributed by atoms with Gasteiger partial charge in [0.15, 0.2) is 15.7 Å². The van der Waals surface area contributed by atoms with Gasteiger partial charge in [0.05, 0.1) is 28.1 Å². The molecule has 3 aromatic rings. The van der Waals surface area contributed by atoms with Gasteiger partial charge in [-0.3, -0.25) is 9.97 Å². The highest BCUT2D eigenvalue weighted by Crippen LogP contribution is 2.35. The van der Waals surface area contributed by atoms with E-state index in [2.05, 4.69) is 15.0 Å². The van der Waals surface area contributed by atoms with Crippen molar-refractivity contribution >= 4 is 9.84 Å². The van der Waals surface area contributed by atoms with E-state index < -0.39 is 44.1 Å². The van der Waals surface area contributed by atoms with E-state index >= 15 is 0 Å². The van der Waals surface area contributed by atoms with Gasteiger partial charge in [-0.15, -0.1) is 0 Å². The summed E-state index contributed by atoms with van der Waals surface area (Å²) in [4.78, 5) is 10.3. The standard InChI is InChI=1S/C18H14F6N4O2S/c1-3-31(29,30)13-7-11(17(19,20)21)8-26-15(13)16-27-9-12(28(16)2)10-4-5-25-14(6-10)18(22,23)24/h4-9H,3H2,1-2H3. The Morgan fingerprint density at radius 3 is 2.23 bits per heavy atom. The largest absolute Gasteiger partial charge is 0.433 e. The number of sulfone groups is 1. The lowest BCUT2D eigenvalue weighted by molar-refractivity contribution is -0.141. The van der Waals surface area contributed by atoms with Crippen molar-refractivity contribution in [1.29, 1.82) is 0 Å². The molecule has 13 heteroatoms. The van der Waals surface area contributed by atoms with Crippen molar-refractivity contribution in [2.45, 2.75) is 24.2 Å². The highest BCUT2D eigenvalue weighted by molar-refractivity contribution is 7.91. The van der Waals surface area contributed by atoms with Crippen molar-refractivity contribution in [1.82, 2.24) is 19.5 Å². The first-order valence-electron chi connectivity index (χ1n) is 8.61. The van der Waals surface area contributed by atoms with Crippen LogP contribution in [0.4, 0.5) is 26.3 Å². The topological polar surface area (TPSA) is 77.7 Å². The van der Waals surface area contributed by atoms with Crippen LogP contribution in [-0.2, 0) is 29.2 Å². The Morgan fingerprint density at radius 1 is 0.968 bits per heavy atom. The number of imidazole rings is 1. The fourth-order valence-electron chi connectivity index (χ4n) is 2.80. The molecule has 6 nitrogen and oxygen atoms in total. The van der Waals surface area contributed by atoms with Crippen LogP contribution in [0.15, 0.2) is 41.7 Å². The van der Waals surface area contributed by atoms with Crippen LogP contribution in [0.5, 0.6) is 0 Å². The number of pyridine rings is 2. The lowest BCUT2D eigenvalue weighted by atomic mass is 10.1. The Morgan fingerprint density at radius 2 is 1.65 bits per heavy atom. The van der Waals surface area contributed by atoms with E-state index in [4.69, 9.17) is 0 Å². The highest BCUT2D eigenvalue weighted by Gasteiger charge is 2.35. The molecule has 0 bridgehead atoms. The van der Waals surface area contributed by atoms with Gasteiger partial charge in [0, 0.05) is 25.0 Å². The zero-order valence-electron chi connectivity index (χ0n) is 16.0. The SMILES string of the molecule is CCS(=O)(=O)c1cc(C(F)(F)F)cnc1-c1ncc(-c2ccnc(C(F)(F)F)c2)n1C. The number of rotatable bonds is 4. The minimum atomic E-state index is -4.82. The van der Waals surface area contributed by atoms with Gasteiger partial charge >= 0.3 is 12.4 Å². The van der Waals surface area contributed by atoms with Gasteiger partial charge in [-0.25, -0.2) is 13.4 Å². The zero-order valence-corrected chi connectivity index (χ0v) is 16.8. The Bertz CT molecular complexity index is 1230. The predicted molar refractivity (Wildman–Crippen MR) is 97.4 cm³/mol. The maximum Gasteiger partial charge on any atom is 0.433 e. The van der Waals surface area contributed by atoms with Crippen LogP contribution in [-0.4, -0.2) is 33.7 Å². The molecule has 166 valence electrons. The van der Waals surface area contributed by atoms with Gasteiger partial charge in [0.25, 0.3) is 0 Å². The molecule has 0 atom stereocenters. The molecule has 0 aliphatic rings. The second-order valence-electron chi connectivity index (χ2n) is 6.43. The number of alkyl halides is 6. The lowest BCUT2D eigenvalue weighted by Crippen LogP contribution is -2.13. The van der Waals surface area contributed by atoms with Crippen LogP contribution in [0.3, 0.4) is 0 Å². The number of hydrogen-bond acceptors (Lipinski definition) is 5. The molecule has 0 unspecified atom stereocenters. The summed E-state index contributed by atoms with van der Waals surface area (Å²) in [5.41, 5.74) is -2.50. The Hall–Kier alpha value is -2.96. The van der Waals surface area contributed by atoms with Gasteiger partial charge in [0.1, 0.15) is 11.4 Å². The zero-order chi connectivity index (χ0) is 23.2. The molecule has 3 rings (SSSR count). The quantitative estimate of drug-likeness (QED) is 0.536. The second-order valence-corrected chi connectivity index (χ2v) is 8.67. The molecule has 0 amide bonds. The third-order valence-corrected chi connectivity index (χ3v) is 6.18. The Labute approximate surface area is 172 Å².